The van der Waals surface area contributed by atoms with Crippen LogP contribution in [0, 0.1) is 5.41 Å². The maximum Gasteiger partial charge on any atom is 0.233 e. The lowest BCUT2D eigenvalue weighted by Crippen LogP contribution is -2.47. The molecule has 0 spiro atoms. The number of nitrogens with two attached hydrogens (primary N) is 1. The SMILES string of the molecule is NC(=S)C1(C(=O)NCCc2cccs2)CCCC1. The van der Waals surface area contributed by atoms with E-state index in [-0.39, 0.29) is 5.91 Å². The predicted octanol–water partition coefficient (Wildman–Crippen LogP) is 2.25. The number of thiocarbonyl (C=S) groups is 1. The second-order valence-electron chi connectivity index (χ2n) is 4.74. The molecule has 1 aromatic heterocycles. The maximum atomic E-state index is 12.3. The third-order valence-electron chi connectivity index (χ3n) is 3.60. The summed E-state index contributed by atoms with van der Waals surface area (Å²) in [6, 6.07) is 4.10. The Hall–Kier alpha value is -0.940. The van der Waals surface area contributed by atoms with Crippen molar-refractivity contribution in [3.8, 4) is 0 Å². The number of nitrogens with one attached hydrogen (secondary N) is 1. The van der Waals surface area contributed by atoms with E-state index in [1.807, 2.05) is 11.4 Å². The Morgan fingerprint density at radius 3 is 2.78 bits per heavy atom. The van der Waals surface area contributed by atoms with E-state index in [1.54, 1.807) is 11.3 Å². The highest BCUT2D eigenvalue weighted by Gasteiger charge is 2.43. The van der Waals surface area contributed by atoms with Gasteiger partial charge in [0.25, 0.3) is 0 Å². The topological polar surface area (TPSA) is 55.1 Å². The molecule has 3 nitrogen and oxygen atoms in total. The summed E-state index contributed by atoms with van der Waals surface area (Å²) in [6.07, 6.45) is 4.54. The summed E-state index contributed by atoms with van der Waals surface area (Å²) in [5.74, 6) is 0.0176. The second kappa shape index (κ2) is 5.80. The van der Waals surface area contributed by atoms with Gasteiger partial charge in [-0.05, 0) is 30.7 Å². The number of amides is 1. The van der Waals surface area contributed by atoms with Gasteiger partial charge in [-0.15, -0.1) is 11.3 Å². The lowest BCUT2D eigenvalue weighted by Gasteiger charge is -2.26. The van der Waals surface area contributed by atoms with Gasteiger partial charge in [-0.2, -0.15) is 0 Å². The van der Waals surface area contributed by atoms with Crippen molar-refractivity contribution in [1.29, 1.82) is 0 Å². The Morgan fingerprint density at radius 2 is 2.22 bits per heavy atom. The molecule has 18 heavy (non-hydrogen) atoms. The zero-order valence-electron chi connectivity index (χ0n) is 10.3. The minimum absolute atomic E-state index is 0.0176. The van der Waals surface area contributed by atoms with Crippen LogP contribution in [0.1, 0.15) is 30.6 Å². The van der Waals surface area contributed by atoms with Crippen LogP contribution < -0.4 is 11.1 Å². The fraction of sp³-hybridized carbons (Fsp3) is 0.538. The van der Waals surface area contributed by atoms with E-state index in [0.717, 1.165) is 32.1 Å². The summed E-state index contributed by atoms with van der Waals surface area (Å²) in [7, 11) is 0. The maximum absolute atomic E-state index is 12.3. The van der Waals surface area contributed by atoms with E-state index >= 15 is 0 Å². The molecule has 0 aromatic carbocycles. The molecule has 98 valence electrons. The summed E-state index contributed by atoms with van der Waals surface area (Å²) >= 11 is 6.80. The zero-order chi connectivity index (χ0) is 13.0. The highest BCUT2D eigenvalue weighted by Crippen LogP contribution is 2.38. The van der Waals surface area contributed by atoms with Gasteiger partial charge in [-0.25, -0.2) is 0 Å². The minimum atomic E-state index is -0.579. The van der Waals surface area contributed by atoms with Crippen LogP contribution in [0.15, 0.2) is 17.5 Å². The van der Waals surface area contributed by atoms with Crippen molar-refractivity contribution in [2.24, 2.45) is 11.1 Å². The molecular formula is C13H18N2OS2. The van der Waals surface area contributed by atoms with Crippen molar-refractivity contribution in [1.82, 2.24) is 5.32 Å². The van der Waals surface area contributed by atoms with E-state index in [9.17, 15) is 4.79 Å². The van der Waals surface area contributed by atoms with Crippen LogP contribution in [-0.2, 0) is 11.2 Å². The number of carbonyl (C=O) groups is 1. The molecule has 1 aromatic rings. The number of hydrogen-bond donors (Lipinski definition) is 2. The smallest absolute Gasteiger partial charge is 0.233 e. The van der Waals surface area contributed by atoms with Crippen molar-refractivity contribution >= 4 is 34.5 Å². The summed E-state index contributed by atoms with van der Waals surface area (Å²) in [5, 5.41) is 5.03. The lowest BCUT2D eigenvalue weighted by molar-refractivity contribution is -0.127. The van der Waals surface area contributed by atoms with Crippen LogP contribution in [0.3, 0.4) is 0 Å². The van der Waals surface area contributed by atoms with Crippen LogP contribution in [-0.4, -0.2) is 17.4 Å². The molecule has 0 bridgehead atoms. The highest BCUT2D eigenvalue weighted by atomic mass is 32.1. The summed E-state index contributed by atoms with van der Waals surface area (Å²) in [4.78, 5) is 13.9. The second-order valence-corrected chi connectivity index (χ2v) is 6.21. The number of thiophene rings is 1. The van der Waals surface area contributed by atoms with Crippen molar-refractivity contribution in [2.45, 2.75) is 32.1 Å². The Bertz CT molecular complexity index is 422. The molecule has 1 amide bonds. The van der Waals surface area contributed by atoms with Gasteiger partial charge < -0.3 is 11.1 Å². The number of hydrogen-bond acceptors (Lipinski definition) is 3. The molecule has 1 aliphatic carbocycles. The normalized spacial score (nSPS) is 17.6. The fourth-order valence-electron chi connectivity index (χ4n) is 2.49. The van der Waals surface area contributed by atoms with E-state index < -0.39 is 5.41 Å². The van der Waals surface area contributed by atoms with Crippen LogP contribution in [0.4, 0.5) is 0 Å². The molecule has 5 heteroatoms. The van der Waals surface area contributed by atoms with Gasteiger partial charge in [-0.1, -0.05) is 31.1 Å². The molecule has 2 rings (SSSR count). The van der Waals surface area contributed by atoms with E-state index in [2.05, 4.69) is 11.4 Å². The average Bonchev–Trinajstić information content (AvgIpc) is 3.00. The molecule has 1 heterocycles. The molecule has 0 aliphatic heterocycles. The van der Waals surface area contributed by atoms with Crippen molar-refractivity contribution in [2.75, 3.05) is 6.54 Å². The molecule has 0 radical (unpaired) electrons. The summed E-state index contributed by atoms with van der Waals surface area (Å²) in [6.45, 7) is 0.656. The number of carbonyl (C=O) groups excluding carboxylic acids is 1. The quantitative estimate of drug-likeness (QED) is 0.815. The Labute approximate surface area is 117 Å². The van der Waals surface area contributed by atoms with Crippen LogP contribution in [0.25, 0.3) is 0 Å². The van der Waals surface area contributed by atoms with Crippen LogP contribution >= 0.6 is 23.6 Å². The lowest BCUT2D eigenvalue weighted by atomic mass is 9.85. The minimum Gasteiger partial charge on any atom is -0.392 e. The van der Waals surface area contributed by atoms with Crippen LogP contribution in [0.5, 0.6) is 0 Å². The third-order valence-corrected chi connectivity index (χ3v) is 4.93. The van der Waals surface area contributed by atoms with Gasteiger partial charge >= 0.3 is 0 Å². The Balaban J connectivity index is 1.88. The first-order valence-electron chi connectivity index (χ1n) is 6.26. The van der Waals surface area contributed by atoms with E-state index in [0.29, 0.717) is 11.5 Å². The van der Waals surface area contributed by atoms with Gasteiger partial charge in [0.15, 0.2) is 0 Å². The highest BCUT2D eigenvalue weighted by molar-refractivity contribution is 7.80. The molecule has 1 fully saturated rings. The Kier molecular flexibility index (Phi) is 4.35. The van der Waals surface area contributed by atoms with Gasteiger partial charge in [-0.3, -0.25) is 4.79 Å². The van der Waals surface area contributed by atoms with Crippen molar-refractivity contribution in [3.05, 3.63) is 22.4 Å². The van der Waals surface area contributed by atoms with Crippen molar-refractivity contribution in [3.63, 3.8) is 0 Å². The first-order chi connectivity index (χ1) is 8.65. The van der Waals surface area contributed by atoms with Crippen molar-refractivity contribution < 1.29 is 4.79 Å². The van der Waals surface area contributed by atoms with Crippen LogP contribution in [0.2, 0.25) is 0 Å². The predicted molar refractivity (Wildman–Crippen MR) is 78.7 cm³/mol. The average molecular weight is 282 g/mol. The molecule has 1 aliphatic rings. The molecular weight excluding hydrogens is 264 g/mol. The zero-order valence-corrected chi connectivity index (χ0v) is 11.9. The molecule has 1 saturated carbocycles. The largest absolute Gasteiger partial charge is 0.392 e. The first kappa shape index (κ1) is 13.5. The standard InChI is InChI=1S/C13H18N2OS2/c14-11(17)13(6-1-2-7-13)12(16)15-8-5-10-4-3-9-18-10/h3-4,9H,1-2,5-8H2,(H2,14,17)(H,15,16). The van der Waals surface area contributed by atoms with Gasteiger partial charge in [0, 0.05) is 11.4 Å². The summed E-state index contributed by atoms with van der Waals surface area (Å²) < 4.78 is 0. The van der Waals surface area contributed by atoms with Gasteiger partial charge in [0.2, 0.25) is 5.91 Å². The molecule has 3 N–H and O–H groups in total. The van der Waals surface area contributed by atoms with E-state index in [4.69, 9.17) is 18.0 Å². The molecule has 0 atom stereocenters. The monoisotopic (exact) mass is 282 g/mol. The first-order valence-corrected chi connectivity index (χ1v) is 7.54. The third kappa shape index (κ3) is 2.72. The number of rotatable bonds is 5. The van der Waals surface area contributed by atoms with E-state index in [1.165, 1.54) is 4.88 Å². The Morgan fingerprint density at radius 1 is 1.50 bits per heavy atom. The van der Waals surface area contributed by atoms with Gasteiger partial charge in [0.05, 0.1) is 10.4 Å². The molecule has 0 unspecified atom stereocenters. The summed E-state index contributed by atoms with van der Waals surface area (Å²) in [5.41, 5.74) is 5.19. The molecule has 0 saturated heterocycles. The fourth-order valence-corrected chi connectivity index (χ4v) is 3.49. The van der Waals surface area contributed by atoms with Gasteiger partial charge in [0.1, 0.15) is 0 Å².